The Kier molecular flexibility index (Phi) is 4.60. The van der Waals surface area contributed by atoms with Crippen molar-refractivity contribution in [2.75, 3.05) is 0 Å². The quantitative estimate of drug-likeness (QED) is 0.884. The van der Waals surface area contributed by atoms with Gasteiger partial charge in [-0.25, -0.2) is 13.1 Å². The van der Waals surface area contributed by atoms with Crippen molar-refractivity contribution in [1.29, 1.82) is 0 Å². The summed E-state index contributed by atoms with van der Waals surface area (Å²) in [7, 11) is -3.45. The van der Waals surface area contributed by atoms with Crippen molar-refractivity contribution in [3.8, 4) is 0 Å². The molecule has 0 aliphatic heterocycles. The molecule has 0 bridgehead atoms. The summed E-state index contributed by atoms with van der Waals surface area (Å²) in [5.41, 5.74) is 7.12. The van der Waals surface area contributed by atoms with Crippen molar-refractivity contribution in [3.63, 3.8) is 0 Å². The molecule has 0 radical (unpaired) electrons. The molecule has 1 aliphatic carbocycles. The van der Waals surface area contributed by atoms with Gasteiger partial charge < -0.3 is 5.73 Å². The van der Waals surface area contributed by atoms with E-state index in [0.29, 0.717) is 4.90 Å². The average molecular weight is 282 g/mol. The first kappa shape index (κ1) is 14.5. The predicted molar refractivity (Wildman–Crippen MR) is 76.4 cm³/mol. The molecule has 0 aromatic heterocycles. The third kappa shape index (κ3) is 3.55. The van der Waals surface area contributed by atoms with Crippen LogP contribution < -0.4 is 10.5 Å². The summed E-state index contributed by atoms with van der Waals surface area (Å²) in [6.07, 6.45) is 4.75. The van der Waals surface area contributed by atoms with Gasteiger partial charge in [0, 0.05) is 12.1 Å². The number of rotatable bonds is 4. The molecule has 1 saturated carbocycles. The van der Waals surface area contributed by atoms with Gasteiger partial charge in [0.25, 0.3) is 0 Å². The minimum Gasteiger partial charge on any atom is -0.326 e. The molecule has 1 aromatic carbocycles. The highest BCUT2D eigenvalue weighted by Crippen LogP contribution is 2.19. The van der Waals surface area contributed by atoms with Crippen LogP contribution in [0.25, 0.3) is 0 Å². The van der Waals surface area contributed by atoms with Crippen molar-refractivity contribution in [2.24, 2.45) is 5.73 Å². The molecule has 3 N–H and O–H groups in total. The second-order valence-electron chi connectivity index (χ2n) is 5.17. The lowest BCUT2D eigenvalue weighted by Gasteiger charge is -2.29. The summed E-state index contributed by atoms with van der Waals surface area (Å²) in [5.74, 6) is 0. The van der Waals surface area contributed by atoms with Gasteiger partial charge in [-0.3, -0.25) is 0 Å². The van der Waals surface area contributed by atoms with Crippen LogP contribution in [-0.2, 0) is 16.4 Å². The summed E-state index contributed by atoms with van der Waals surface area (Å²) in [5, 5.41) is 0. The molecule has 1 fully saturated rings. The van der Waals surface area contributed by atoms with Crippen LogP contribution in [-0.4, -0.2) is 20.5 Å². The number of nitrogens with one attached hydrogen (secondary N) is 1. The number of hydrogen-bond donors (Lipinski definition) is 2. The monoisotopic (exact) mass is 282 g/mol. The van der Waals surface area contributed by atoms with Crippen LogP contribution in [0.2, 0.25) is 0 Å². The van der Waals surface area contributed by atoms with Crippen molar-refractivity contribution in [2.45, 2.75) is 56.0 Å². The summed E-state index contributed by atoms with van der Waals surface area (Å²) >= 11 is 0. The Hall–Kier alpha value is -0.910. The largest absolute Gasteiger partial charge is 0.326 e. The highest BCUT2D eigenvalue weighted by Gasteiger charge is 2.26. The van der Waals surface area contributed by atoms with Crippen molar-refractivity contribution in [3.05, 3.63) is 29.8 Å². The highest BCUT2D eigenvalue weighted by atomic mass is 32.2. The second kappa shape index (κ2) is 6.03. The van der Waals surface area contributed by atoms with E-state index in [1.165, 1.54) is 0 Å². The number of benzene rings is 1. The van der Waals surface area contributed by atoms with Crippen LogP contribution in [0.1, 0.15) is 38.2 Å². The Balaban J connectivity index is 2.12. The van der Waals surface area contributed by atoms with E-state index in [1.54, 1.807) is 12.1 Å². The molecule has 0 heterocycles. The average Bonchev–Trinajstić information content (AvgIpc) is 2.41. The van der Waals surface area contributed by atoms with Crippen LogP contribution in [0, 0.1) is 0 Å². The molecule has 106 valence electrons. The summed E-state index contributed by atoms with van der Waals surface area (Å²) in [6, 6.07) is 6.83. The third-order valence-electron chi connectivity index (χ3n) is 3.77. The Labute approximate surface area is 115 Å². The van der Waals surface area contributed by atoms with Crippen LogP contribution in [0.4, 0.5) is 0 Å². The maximum absolute atomic E-state index is 12.3. The SMILES string of the molecule is CCc1ccc(S(=O)(=O)NC2CCCCC2N)cc1. The van der Waals surface area contributed by atoms with Gasteiger partial charge in [-0.2, -0.15) is 0 Å². The van der Waals surface area contributed by atoms with Gasteiger partial charge in [0.05, 0.1) is 4.90 Å². The zero-order chi connectivity index (χ0) is 13.9. The molecule has 2 unspecified atom stereocenters. The Morgan fingerprint density at radius 1 is 1.21 bits per heavy atom. The molecule has 0 saturated heterocycles. The minimum absolute atomic E-state index is 0.0709. The van der Waals surface area contributed by atoms with E-state index in [4.69, 9.17) is 5.73 Å². The van der Waals surface area contributed by atoms with Crippen molar-refractivity contribution < 1.29 is 8.42 Å². The molecule has 2 atom stereocenters. The number of aryl methyl sites for hydroxylation is 1. The zero-order valence-corrected chi connectivity index (χ0v) is 12.1. The molecule has 0 spiro atoms. The first-order valence-corrected chi connectivity index (χ1v) is 8.38. The molecular formula is C14H22N2O2S. The second-order valence-corrected chi connectivity index (χ2v) is 6.89. The van der Waals surface area contributed by atoms with Crippen LogP contribution in [0.3, 0.4) is 0 Å². The number of nitrogens with two attached hydrogens (primary N) is 1. The van der Waals surface area contributed by atoms with Gasteiger partial charge in [0.2, 0.25) is 10.0 Å². The summed E-state index contributed by atoms with van der Waals surface area (Å²) in [6.45, 7) is 2.04. The number of hydrogen-bond acceptors (Lipinski definition) is 3. The van der Waals surface area contributed by atoms with E-state index >= 15 is 0 Å². The molecule has 0 amide bonds. The lowest BCUT2D eigenvalue weighted by molar-refractivity contribution is 0.361. The maximum atomic E-state index is 12.3. The van der Waals surface area contributed by atoms with Crippen molar-refractivity contribution in [1.82, 2.24) is 4.72 Å². The van der Waals surface area contributed by atoms with Gasteiger partial charge >= 0.3 is 0 Å². The van der Waals surface area contributed by atoms with E-state index < -0.39 is 10.0 Å². The van der Waals surface area contributed by atoms with E-state index in [9.17, 15) is 8.42 Å². The fourth-order valence-electron chi connectivity index (χ4n) is 2.48. The Bertz CT molecular complexity index is 511. The van der Waals surface area contributed by atoms with Crippen LogP contribution in [0.5, 0.6) is 0 Å². The highest BCUT2D eigenvalue weighted by molar-refractivity contribution is 7.89. The summed E-state index contributed by atoms with van der Waals surface area (Å²) < 4.78 is 27.3. The Morgan fingerprint density at radius 2 is 1.84 bits per heavy atom. The van der Waals surface area contributed by atoms with Crippen LogP contribution >= 0.6 is 0 Å². The third-order valence-corrected chi connectivity index (χ3v) is 5.27. The van der Waals surface area contributed by atoms with Crippen molar-refractivity contribution >= 4 is 10.0 Å². The predicted octanol–water partition coefficient (Wildman–Crippen LogP) is 1.80. The molecule has 4 nitrogen and oxygen atoms in total. The minimum atomic E-state index is -3.45. The smallest absolute Gasteiger partial charge is 0.240 e. The van der Waals surface area contributed by atoms with Gasteiger partial charge in [-0.15, -0.1) is 0 Å². The van der Waals surface area contributed by atoms with E-state index in [1.807, 2.05) is 19.1 Å². The standard InChI is InChI=1S/C14H22N2O2S/c1-2-11-7-9-12(10-8-11)19(17,18)16-14-6-4-3-5-13(14)15/h7-10,13-14,16H,2-6,15H2,1H3. The summed E-state index contributed by atoms with van der Waals surface area (Å²) in [4.78, 5) is 0.322. The molecule has 5 heteroatoms. The normalized spacial score (nSPS) is 24.3. The zero-order valence-electron chi connectivity index (χ0n) is 11.3. The van der Waals surface area contributed by atoms with Gasteiger partial charge in [0.1, 0.15) is 0 Å². The maximum Gasteiger partial charge on any atom is 0.240 e. The van der Waals surface area contributed by atoms with E-state index in [-0.39, 0.29) is 12.1 Å². The molecule has 1 aliphatic rings. The van der Waals surface area contributed by atoms with Crippen LogP contribution in [0.15, 0.2) is 29.2 Å². The lowest BCUT2D eigenvalue weighted by atomic mass is 9.92. The lowest BCUT2D eigenvalue weighted by Crippen LogP contribution is -2.49. The van der Waals surface area contributed by atoms with E-state index in [2.05, 4.69) is 4.72 Å². The fourth-order valence-corrected chi connectivity index (χ4v) is 3.80. The topological polar surface area (TPSA) is 72.2 Å². The molecular weight excluding hydrogens is 260 g/mol. The van der Waals surface area contributed by atoms with Gasteiger partial charge in [-0.1, -0.05) is 31.9 Å². The molecule has 2 rings (SSSR count). The van der Waals surface area contributed by atoms with Gasteiger partial charge in [-0.05, 0) is 37.0 Å². The van der Waals surface area contributed by atoms with Gasteiger partial charge in [0.15, 0.2) is 0 Å². The molecule has 19 heavy (non-hydrogen) atoms. The van der Waals surface area contributed by atoms with E-state index in [0.717, 1.165) is 37.7 Å². The Morgan fingerprint density at radius 3 is 2.42 bits per heavy atom. The first-order chi connectivity index (χ1) is 9.03. The molecule has 1 aromatic rings. The fraction of sp³-hybridized carbons (Fsp3) is 0.571. The number of sulfonamides is 1. The first-order valence-electron chi connectivity index (χ1n) is 6.90.